The SMILES string of the molecule is COc1coc2c1c(O)cn2Cc1ccccc1. The number of aromatic hydroxyl groups is 1. The lowest BCUT2D eigenvalue weighted by Crippen LogP contribution is -1.96. The van der Waals surface area contributed by atoms with E-state index in [1.54, 1.807) is 13.3 Å². The van der Waals surface area contributed by atoms with Crippen LogP contribution in [-0.2, 0) is 6.54 Å². The Balaban J connectivity index is 2.05. The van der Waals surface area contributed by atoms with Gasteiger partial charge in [0.1, 0.15) is 17.4 Å². The quantitative estimate of drug-likeness (QED) is 0.769. The molecular formula is C14H13NO3. The van der Waals surface area contributed by atoms with Gasteiger partial charge < -0.3 is 18.8 Å². The standard InChI is InChI=1S/C14H13NO3/c1-17-12-9-18-14-13(12)11(16)8-15(14)7-10-5-3-2-4-6-10/h2-6,8-9,16H,7H2,1H3. The summed E-state index contributed by atoms with van der Waals surface area (Å²) in [5.41, 5.74) is 1.76. The van der Waals surface area contributed by atoms with Gasteiger partial charge in [0.2, 0.25) is 5.71 Å². The van der Waals surface area contributed by atoms with E-state index in [4.69, 9.17) is 9.15 Å². The fourth-order valence-corrected chi connectivity index (χ4v) is 2.10. The molecule has 0 amide bonds. The van der Waals surface area contributed by atoms with Crippen molar-refractivity contribution in [1.82, 2.24) is 4.57 Å². The first kappa shape index (κ1) is 10.8. The summed E-state index contributed by atoms with van der Waals surface area (Å²) < 4.78 is 12.5. The largest absolute Gasteiger partial charge is 0.505 e. The molecule has 3 rings (SSSR count). The molecule has 0 fully saturated rings. The lowest BCUT2D eigenvalue weighted by Gasteiger charge is -2.02. The zero-order valence-electron chi connectivity index (χ0n) is 9.96. The van der Waals surface area contributed by atoms with Gasteiger partial charge in [-0.1, -0.05) is 30.3 Å². The number of fused-ring (bicyclic) bond motifs is 1. The van der Waals surface area contributed by atoms with Crippen molar-refractivity contribution in [2.75, 3.05) is 7.11 Å². The predicted molar refractivity (Wildman–Crippen MR) is 68.0 cm³/mol. The van der Waals surface area contributed by atoms with Crippen LogP contribution in [0.15, 0.2) is 47.2 Å². The Labute approximate surface area is 104 Å². The molecule has 4 nitrogen and oxygen atoms in total. The van der Waals surface area contributed by atoms with Crippen LogP contribution in [0.5, 0.6) is 11.5 Å². The van der Waals surface area contributed by atoms with Crippen molar-refractivity contribution < 1.29 is 14.3 Å². The minimum absolute atomic E-state index is 0.173. The first-order valence-electron chi connectivity index (χ1n) is 5.67. The summed E-state index contributed by atoms with van der Waals surface area (Å²) >= 11 is 0. The van der Waals surface area contributed by atoms with Gasteiger partial charge in [-0.15, -0.1) is 0 Å². The molecule has 0 radical (unpaired) electrons. The second-order valence-corrected chi connectivity index (χ2v) is 4.11. The first-order chi connectivity index (χ1) is 8.79. The molecule has 4 heteroatoms. The van der Waals surface area contributed by atoms with Crippen LogP contribution in [0.3, 0.4) is 0 Å². The van der Waals surface area contributed by atoms with Crippen molar-refractivity contribution in [2.24, 2.45) is 0 Å². The lowest BCUT2D eigenvalue weighted by atomic mass is 10.2. The van der Waals surface area contributed by atoms with Gasteiger partial charge in [0.05, 0.1) is 19.9 Å². The van der Waals surface area contributed by atoms with Crippen LogP contribution < -0.4 is 4.74 Å². The number of methoxy groups -OCH3 is 1. The predicted octanol–water partition coefficient (Wildman–Crippen LogP) is 3.00. The molecule has 2 heterocycles. The second-order valence-electron chi connectivity index (χ2n) is 4.11. The maximum Gasteiger partial charge on any atom is 0.214 e. The summed E-state index contributed by atoms with van der Waals surface area (Å²) in [6, 6.07) is 10.0. The fourth-order valence-electron chi connectivity index (χ4n) is 2.10. The minimum Gasteiger partial charge on any atom is -0.505 e. The van der Waals surface area contributed by atoms with Crippen LogP contribution in [0.2, 0.25) is 0 Å². The molecule has 0 aliphatic carbocycles. The molecule has 92 valence electrons. The first-order valence-corrected chi connectivity index (χ1v) is 5.67. The van der Waals surface area contributed by atoms with E-state index < -0.39 is 0 Å². The monoisotopic (exact) mass is 243 g/mol. The number of furan rings is 1. The van der Waals surface area contributed by atoms with Crippen LogP contribution in [0.25, 0.3) is 11.1 Å². The molecule has 0 spiro atoms. The molecule has 1 N–H and O–H groups in total. The van der Waals surface area contributed by atoms with Gasteiger partial charge in [-0.2, -0.15) is 0 Å². The molecule has 0 unspecified atom stereocenters. The smallest absolute Gasteiger partial charge is 0.214 e. The summed E-state index contributed by atoms with van der Waals surface area (Å²) in [6.07, 6.45) is 3.16. The number of nitrogens with zero attached hydrogens (tertiary/aromatic N) is 1. The molecule has 0 saturated heterocycles. The van der Waals surface area contributed by atoms with E-state index in [9.17, 15) is 5.11 Å². The van der Waals surface area contributed by atoms with Crippen molar-refractivity contribution in [2.45, 2.75) is 6.54 Å². The molecule has 0 bridgehead atoms. The number of ether oxygens (including phenoxy) is 1. The number of aromatic nitrogens is 1. The number of hydrogen-bond acceptors (Lipinski definition) is 3. The molecule has 3 aromatic rings. The molecule has 0 saturated carbocycles. The molecule has 0 aliphatic rings. The van der Waals surface area contributed by atoms with E-state index in [1.165, 1.54) is 6.26 Å². The third-order valence-corrected chi connectivity index (χ3v) is 2.95. The third kappa shape index (κ3) is 1.62. The summed E-state index contributed by atoms with van der Waals surface area (Å²) in [5, 5.41) is 10.5. The van der Waals surface area contributed by atoms with E-state index in [0.29, 0.717) is 23.4 Å². The molecule has 0 aliphatic heterocycles. The summed E-state index contributed by atoms with van der Waals surface area (Å²) in [7, 11) is 1.55. The van der Waals surface area contributed by atoms with E-state index in [2.05, 4.69) is 0 Å². The van der Waals surface area contributed by atoms with Crippen LogP contribution in [-0.4, -0.2) is 16.8 Å². The van der Waals surface area contributed by atoms with Gasteiger partial charge in [0, 0.05) is 0 Å². The Bertz CT molecular complexity index is 667. The van der Waals surface area contributed by atoms with Crippen LogP contribution in [0.1, 0.15) is 5.56 Å². The maximum atomic E-state index is 9.91. The van der Waals surface area contributed by atoms with Gasteiger partial charge in [-0.25, -0.2) is 0 Å². The van der Waals surface area contributed by atoms with Crippen molar-refractivity contribution in [3.63, 3.8) is 0 Å². The zero-order valence-corrected chi connectivity index (χ0v) is 9.96. The van der Waals surface area contributed by atoms with Gasteiger partial charge in [-0.05, 0) is 5.56 Å². The molecule has 1 aromatic carbocycles. The molecular weight excluding hydrogens is 230 g/mol. The maximum absolute atomic E-state index is 9.91. The highest BCUT2D eigenvalue weighted by molar-refractivity contribution is 5.88. The minimum atomic E-state index is 0.173. The Morgan fingerprint density at radius 1 is 1.28 bits per heavy atom. The summed E-state index contributed by atoms with van der Waals surface area (Å²) in [4.78, 5) is 0. The highest BCUT2D eigenvalue weighted by atomic mass is 16.5. The summed E-state index contributed by atoms with van der Waals surface area (Å²) in [6.45, 7) is 0.647. The van der Waals surface area contributed by atoms with Crippen LogP contribution in [0.4, 0.5) is 0 Å². The van der Waals surface area contributed by atoms with Crippen LogP contribution >= 0.6 is 0 Å². The normalized spacial score (nSPS) is 10.9. The number of rotatable bonds is 3. The van der Waals surface area contributed by atoms with Gasteiger partial charge >= 0.3 is 0 Å². The van der Waals surface area contributed by atoms with Gasteiger partial charge in [0.25, 0.3) is 0 Å². The number of hydrogen-bond donors (Lipinski definition) is 1. The third-order valence-electron chi connectivity index (χ3n) is 2.95. The summed E-state index contributed by atoms with van der Waals surface area (Å²) in [5.74, 6) is 0.723. The average Bonchev–Trinajstić information content (AvgIpc) is 2.94. The Morgan fingerprint density at radius 3 is 2.78 bits per heavy atom. The van der Waals surface area contributed by atoms with Crippen LogP contribution in [0, 0.1) is 0 Å². The lowest BCUT2D eigenvalue weighted by molar-refractivity contribution is 0.406. The van der Waals surface area contributed by atoms with E-state index in [0.717, 1.165) is 5.56 Å². The highest BCUT2D eigenvalue weighted by Crippen LogP contribution is 2.36. The Kier molecular flexibility index (Phi) is 2.48. The van der Waals surface area contributed by atoms with Crippen molar-refractivity contribution in [3.05, 3.63) is 48.4 Å². The van der Waals surface area contributed by atoms with Gasteiger partial charge in [0.15, 0.2) is 5.75 Å². The van der Waals surface area contributed by atoms with Crippen molar-refractivity contribution in [3.8, 4) is 11.5 Å². The fraction of sp³-hybridized carbons (Fsp3) is 0.143. The van der Waals surface area contributed by atoms with E-state index >= 15 is 0 Å². The average molecular weight is 243 g/mol. The second kappa shape index (κ2) is 4.14. The van der Waals surface area contributed by atoms with Crippen molar-refractivity contribution >= 4 is 11.1 Å². The van der Waals surface area contributed by atoms with Crippen molar-refractivity contribution in [1.29, 1.82) is 0 Å². The van der Waals surface area contributed by atoms with Gasteiger partial charge in [-0.3, -0.25) is 0 Å². The van der Waals surface area contributed by atoms with E-state index in [-0.39, 0.29) is 5.75 Å². The molecule has 2 aromatic heterocycles. The topological polar surface area (TPSA) is 47.5 Å². The molecule has 18 heavy (non-hydrogen) atoms. The van der Waals surface area contributed by atoms with E-state index in [1.807, 2.05) is 34.9 Å². The Morgan fingerprint density at radius 2 is 2.06 bits per heavy atom. The Hall–Kier alpha value is -2.36. The molecule has 0 atom stereocenters. The zero-order chi connectivity index (χ0) is 12.5. The highest BCUT2D eigenvalue weighted by Gasteiger charge is 2.16. The number of benzene rings is 1.